The summed E-state index contributed by atoms with van der Waals surface area (Å²) in [6, 6.07) is 54.4. The molecule has 8 aromatic rings. The summed E-state index contributed by atoms with van der Waals surface area (Å²) < 4.78 is 2.20. The molecule has 0 aliphatic carbocycles. The molecule has 8 rings (SSSR count). The summed E-state index contributed by atoms with van der Waals surface area (Å²) in [5, 5.41) is 2.32. The number of rotatable bonds is 5. The lowest BCUT2D eigenvalue weighted by molar-refractivity contribution is 0.954. The van der Waals surface area contributed by atoms with Crippen LogP contribution in [-0.4, -0.2) is 19.5 Å². The van der Waals surface area contributed by atoms with E-state index < -0.39 is 0 Å². The predicted octanol–water partition coefficient (Wildman–Crippen LogP) is 9.64. The third-order valence-electron chi connectivity index (χ3n) is 7.86. The Morgan fingerprint density at radius 3 is 1.65 bits per heavy atom. The van der Waals surface area contributed by atoms with Crippen molar-refractivity contribution in [1.29, 1.82) is 0 Å². The summed E-state index contributed by atoms with van der Waals surface area (Å²) in [4.78, 5) is 15.3. The van der Waals surface area contributed by atoms with Crippen molar-refractivity contribution in [3.8, 4) is 51.0 Å². The molecule has 43 heavy (non-hydrogen) atoms. The van der Waals surface area contributed by atoms with Crippen molar-refractivity contribution in [3.63, 3.8) is 0 Å². The lowest BCUT2D eigenvalue weighted by Crippen LogP contribution is -2.07. The van der Waals surface area contributed by atoms with Crippen LogP contribution in [0.5, 0.6) is 0 Å². The van der Waals surface area contributed by atoms with Crippen LogP contribution >= 0.6 is 0 Å². The van der Waals surface area contributed by atoms with Gasteiger partial charge in [0.1, 0.15) is 0 Å². The van der Waals surface area contributed by atoms with Crippen molar-refractivity contribution < 1.29 is 0 Å². The Bertz CT molecular complexity index is 2220. The van der Waals surface area contributed by atoms with Gasteiger partial charge in [-0.25, -0.2) is 4.98 Å². The maximum atomic E-state index is 5.18. The molecule has 0 aliphatic rings. The standard InChI is InChI=1S/C39H26N4/c1-4-14-27(15-5-1)30-20-12-21-31(26-30)38-40-37(29-18-8-3-9-19-29)41-39(42-38)43-35-25-11-10-22-33(35)34-24-13-23-32(36(34)43)28-16-6-2-7-17-28/h1-26H. The molecule has 202 valence electrons. The monoisotopic (exact) mass is 550 g/mol. The molecule has 0 amide bonds. The zero-order valence-corrected chi connectivity index (χ0v) is 23.3. The second-order valence-corrected chi connectivity index (χ2v) is 10.5. The number of para-hydroxylation sites is 2. The molecule has 0 aliphatic heterocycles. The molecule has 0 radical (unpaired) electrons. The average Bonchev–Trinajstić information content (AvgIpc) is 3.44. The minimum atomic E-state index is 0.587. The molecule has 2 heterocycles. The van der Waals surface area contributed by atoms with Crippen molar-refractivity contribution in [1.82, 2.24) is 19.5 Å². The van der Waals surface area contributed by atoms with E-state index in [2.05, 4.69) is 120 Å². The molecule has 0 saturated heterocycles. The van der Waals surface area contributed by atoms with Crippen LogP contribution in [0.25, 0.3) is 72.8 Å². The van der Waals surface area contributed by atoms with Crippen LogP contribution in [-0.2, 0) is 0 Å². The molecule has 4 nitrogen and oxygen atoms in total. The van der Waals surface area contributed by atoms with Crippen LogP contribution in [0, 0.1) is 0 Å². The first-order valence-electron chi connectivity index (χ1n) is 14.4. The van der Waals surface area contributed by atoms with E-state index in [1.807, 2.05) is 42.5 Å². The van der Waals surface area contributed by atoms with E-state index >= 15 is 0 Å². The normalized spacial score (nSPS) is 11.3. The van der Waals surface area contributed by atoms with Gasteiger partial charge in [0, 0.05) is 27.5 Å². The Kier molecular flexibility index (Phi) is 6.08. The van der Waals surface area contributed by atoms with Gasteiger partial charge in [0.05, 0.1) is 11.0 Å². The van der Waals surface area contributed by atoms with Gasteiger partial charge < -0.3 is 0 Å². The van der Waals surface area contributed by atoms with Crippen LogP contribution in [0.3, 0.4) is 0 Å². The van der Waals surface area contributed by atoms with Gasteiger partial charge in [-0.15, -0.1) is 0 Å². The fraction of sp³-hybridized carbons (Fsp3) is 0. The molecular weight excluding hydrogens is 524 g/mol. The van der Waals surface area contributed by atoms with Gasteiger partial charge in [-0.3, -0.25) is 4.57 Å². The third kappa shape index (κ3) is 4.46. The summed E-state index contributed by atoms with van der Waals surface area (Å²) in [5.41, 5.74) is 8.54. The fourth-order valence-electron chi connectivity index (χ4n) is 5.86. The van der Waals surface area contributed by atoms with Crippen molar-refractivity contribution in [2.45, 2.75) is 0 Å². The molecule has 0 atom stereocenters. The topological polar surface area (TPSA) is 43.6 Å². The first-order chi connectivity index (χ1) is 21.3. The molecule has 0 N–H and O–H groups in total. The summed E-state index contributed by atoms with van der Waals surface area (Å²) in [7, 11) is 0. The third-order valence-corrected chi connectivity index (χ3v) is 7.86. The zero-order chi connectivity index (χ0) is 28.6. The van der Waals surface area contributed by atoms with Crippen LogP contribution in [0.2, 0.25) is 0 Å². The largest absolute Gasteiger partial charge is 0.277 e. The number of aromatic nitrogens is 4. The smallest absolute Gasteiger partial charge is 0.238 e. The highest BCUT2D eigenvalue weighted by Crippen LogP contribution is 2.38. The van der Waals surface area contributed by atoms with E-state index in [1.165, 1.54) is 0 Å². The highest BCUT2D eigenvalue weighted by Gasteiger charge is 2.20. The summed E-state index contributed by atoms with van der Waals surface area (Å²) >= 11 is 0. The van der Waals surface area contributed by atoms with Crippen LogP contribution in [0.4, 0.5) is 0 Å². The Hall–Kier alpha value is -5.87. The predicted molar refractivity (Wildman–Crippen MR) is 176 cm³/mol. The van der Waals surface area contributed by atoms with Gasteiger partial charge in [0.25, 0.3) is 0 Å². The number of nitrogens with zero attached hydrogens (tertiary/aromatic N) is 4. The summed E-state index contributed by atoms with van der Waals surface area (Å²) in [6.45, 7) is 0. The number of fused-ring (bicyclic) bond motifs is 3. The van der Waals surface area contributed by atoms with Crippen LogP contribution in [0.15, 0.2) is 158 Å². The molecule has 0 fully saturated rings. The van der Waals surface area contributed by atoms with Gasteiger partial charge in [0.2, 0.25) is 5.95 Å². The quantitative estimate of drug-likeness (QED) is 0.214. The van der Waals surface area contributed by atoms with E-state index in [0.29, 0.717) is 17.6 Å². The van der Waals surface area contributed by atoms with E-state index in [1.54, 1.807) is 0 Å². The lowest BCUT2D eigenvalue weighted by atomic mass is 10.0. The summed E-state index contributed by atoms with van der Waals surface area (Å²) in [6.07, 6.45) is 0. The van der Waals surface area contributed by atoms with Crippen molar-refractivity contribution in [2.75, 3.05) is 0 Å². The highest BCUT2D eigenvalue weighted by molar-refractivity contribution is 6.13. The second-order valence-electron chi connectivity index (χ2n) is 10.5. The summed E-state index contributed by atoms with van der Waals surface area (Å²) in [5.74, 6) is 1.85. The molecule has 0 saturated carbocycles. The number of benzene rings is 6. The first kappa shape index (κ1) is 24.9. The molecule has 0 spiro atoms. The number of hydrogen-bond acceptors (Lipinski definition) is 3. The minimum Gasteiger partial charge on any atom is -0.277 e. The van der Waals surface area contributed by atoms with E-state index in [0.717, 1.165) is 55.2 Å². The van der Waals surface area contributed by atoms with Gasteiger partial charge in [-0.2, -0.15) is 9.97 Å². The molecular formula is C39H26N4. The van der Waals surface area contributed by atoms with E-state index in [9.17, 15) is 0 Å². The fourth-order valence-corrected chi connectivity index (χ4v) is 5.86. The second kappa shape index (κ2) is 10.5. The van der Waals surface area contributed by atoms with Crippen molar-refractivity contribution in [2.24, 2.45) is 0 Å². The van der Waals surface area contributed by atoms with Crippen LogP contribution in [0.1, 0.15) is 0 Å². The van der Waals surface area contributed by atoms with E-state index in [4.69, 9.17) is 15.0 Å². The van der Waals surface area contributed by atoms with Gasteiger partial charge in [-0.05, 0) is 28.8 Å². The van der Waals surface area contributed by atoms with Crippen LogP contribution < -0.4 is 0 Å². The van der Waals surface area contributed by atoms with Gasteiger partial charge >= 0.3 is 0 Å². The Labute approximate surface area is 249 Å². The molecule has 0 unspecified atom stereocenters. The lowest BCUT2D eigenvalue weighted by Gasteiger charge is -2.13. The molecule has 6 aromatic carbocycles. The Balaban J connectivity index is 1.43. The molecule has 2 aromatic heterocycles. The average molecular weight is 551 g/mol. The van der Waals surface area contributed by atoms with Crippen molar-refractivity contribution >= 4 is 21.8 Å². The highest BCUT2D eigenvalue weighted by atomic mass is 15.2. The zero-order valence-electron chi connectivity index (χ0n) is 23.3. The molecule has 4 heteroatoms. The van der Waals surface area contributed by atoms with Gasteiger partial charge in [0.15, 0.2) is 11.6 Å². The maximum Gasteiger partial charge on any atom is 0.238 e. The molecule has 0 bridgehead atoms. The maximum absolute atomic E-state index is 5.18. The Morgan fingerprint density at radius 1 is 0.372 bits per heavy atom. The van der Waals surface area contributed by atoms with E-state index in [-0.39, 0.29) is 0 Å². The number of hydrogen-bond donors (Lipinski definition) is 0. The minimum absolute atomic E-state index is 0.587. The Morgan fingerprint density at radius 2 is 0.907 bits per heavy atom. The SMILES string of the molecule is c1ccc(-c2cccc(-c3nc(-c4ccccc4)nc(-n4c5ccccc5c5cccc(-c6ccccc6)c54)n3)c2)cc1. The van der Waals surface area contributed by atoms with Gasteiger partial charge in [-0.1, -0.05) is 146 Å². The first-order valence-corrected chi connectivity index (χ1v) is 14.4. The van der Waals surface area contributed by atoms with Crippen molar-refractivity contribution in [3.05, 3.63) is 158 Å².